The number of carbonyl (C=O) groups excluding carboxylic acids is 1. The monoisotopic (exact) mass is 236 g/mol. The van der Waals surface area contributed by atoms with Gasteiger partial charge in [-0.25, -0.2) is 0 Å². The van der Waals surface area contributed by atoms with E-state index in [4.69, 9.17) is 5.26 Å². The van der Waals surface area contributed by atoms with Crippen LogP contribution in [0.4, 0.5) is 0 Å². The molecule has 0 amide bonds. The van der Waals surface area contributed by atoms with Gasteiger partial charge >= 0.3 is 0 Å². The molecule has 0 saturated carbocycles. The molecular weight excluding hydrogens is 224 g/mol. The van der Waals surface area contributed by atoms with Crippen molar-refractivity contribution >= 4 is 6.29 Å². The molecule has 0 saturated heterocycles. The van der Waals surface area contributed by atoms with E-state index in [0.29, 0.717) is 6.29 Å². The van der Waals surface area contributed by atoms with Gasteiger partial charge in [0, 0.05) is 17.8 Å². The van der Waals surface area contributed by atoms with Gasteiger partial charge < -0.3 is 4.79 Å². The molecule has 0 aliphatic heterocycles. The fourth-order valence-electron chi connectivity index (χ4n) is 1.97. The van der Waals surface area contributed by atoms with E-state index < -0.39 is 5.92 Å². The predicted octanol–water partition coefficient (Wildman–Crippen LogP) is 2.55. The maximum Gasteiger partial charge on any atom is 0.138 e. The minimum atomic E-state index is -0.720. The average molecular weight is 236 g/mol. The van der Waals surface area contributed by atoms with Gasteiger partial charge in [-0.3, -0.25) is 4.98 Å². The zero-order valence-corrected chi connectivity index (χ0v) is 9.73. The maximum atomic E-state index is 11.1. The highest BCUT2D eigenvalue weighted by Gasteiger charge is 2.25. The van der Waals surface area contributed by atoms with Crippen molar-refractivity contribution in [2.75, 3.05) is 0 Å². The van der Waals surface area contributed by atoms with Crippen LogP contribution in [0.5, 0.6) is 0 Å². The van der Waals surface area contributed by atoms with E-state index in [9.17, 15) is 4.79 Å². The third-order valence-electron chi connectivity index (χ3n) is 2.82. The number of carbonyl (C=O) groups is 1. The molecule has 3 nitrogen and oxygen atoms in total. The molecular formula is C15H12N2O. The molecule has 0 N–H and O–H groups in total. The van der Waals surface area contributed by atoms with E-state index in [1.165, 1.54) is 0 Å². The first kappa shape index (κ1) is 12.0. The van der Waals surface area contributed by atoms with Crippen molar-refractivity contribution in [3.63, 3.8) is 0 Å². The van der Waals surface area contributed by atoms with Crippen LogP contribution in [0.3, 0.4) is 0 Å². The van der Waals surface area contributed by atoms with E-state index in [1.807, 2.05) is 54.6 Å². The maximum absolute atomic E-state index is 11.1. The molecule has 0 aliphatic rings. The lowest BCUT2D eigenvalue weighted by molar-refractivity contribution is -0.110. The number of benzene rings is 1. The molecule has 1 aromatic heterocycles. The Morgan fingerprint density at radius 1 is 1.11 bits per heavy atom. The van der Waals surface area contributed by atoms with Gasteiger partial charge in [-0.2, -0.15) is 5.26 Å². The number of rotatable bonds is 4. The normalized spacial score (nSPS) is 13.3. The molecule has 0 bridgehead atoms. The number of pyridine rings is 1. The Hall–Kier alpha value is -2.47. The Labute approximate surface area is 106 Å². The summed E-state index contributed by atoms with van der Waals surface area (Å²) >= 11 is 0. The van der Waals surface area contributed by atoms with Crippen LogP contribution in [-0.2, 0) is 4.79 Å². The van der Waals surface area contributed by atoms with Gasteiger partial charge in [-0.1, -0.05) is 36.4 Å². The van der Waals surface area contributed by atoms with E-state index in [2.05, 4.69) is 4.98 Å². The van der Waals surface area contributed by atoms with Crippen LogP contribution in [0.15, 0.2) is 54.7 Å². The van der Waals surface area contributed by atoms with Crippen LogP contribution in [0.25, 0.3) is 0 Å². The van der Waals surface area contributed by atoms with Crippen molar-refractivity contribution in [3.05, 3.63) is 66.0 Å². The van der Waals surface area contributed by atoms with Gasteiger partial charge in [0.25, 0.3) is 0 Å². The SMILES string of the molecule is N#CC(C=O)C(c1ccccc1)c1ccccn1. The van der Waals surface area contributed by atoms with Crippen LogP contribution in [0.1, 0.15) is 17.2 Å². The summed E-state index contributed by atoms with van der Waals surface area (Å²) in [5.74, 6) is -1.03. The van der Waals surface area contributed by atoms with Crippen LogP contribution in [0, 0.1) is 17.2 Å². The smallest absolute Gasteiger partial charge is 0.138 e. The minimum absolute atomic E-state index is 0.310. The average Bonchev–Trinajstić information content (AvgIpc) is 2.46. The Balaban J connectivity index is 2.48. The number of nitrogens with zero attached hydrogens (tertiary/aromatic N) is 2. The van der Waals surface area contributed by atoms with E-state index >= 15 is 0 Å². The molecule has 18 heavy (non-hydrogen) atoms. The lowest BCUT2D eigenvalue weighted by Gasteiger charge is -2.17. The molecule has 0 radical (unpaired) electrons. The molecule has 2 atom stereocenters. The van der Waals surface area contributed by atoms with Crippen molar-refractivity contribution < 1.29 is 4.79 Å². The highest BCUT2D eigenvalue weighted by molar-refractivity contribution is 5.61. The molecule has 2 unspecified atom stereocenters. The number of aromatic nitrogens is 1. The van der Waals surface area contributed by atoms with Crippen LogP contribution >= 0.6 is 0 Å². The molecule has 0 fully saturated rings. The third kappa shape index (κ3) is 2.44. The summed E-state index contributed by atoms with van der Waals surface area (Å²) in [4.78, 5) is 15.3. The molecule has 2 rings (SSSR count). The van der Waals surface area contributed by atoms with Crippen LogP contribution in [-0.4, -0.2) is 11.3 Å². The van der Waals surface area contributed by atoms with Gasteiger partial charge in [0.05, 0.1) is 6.07 Å². The fourth-order valence-corrected chi connectivity index (χ4v) is 1.97. The standard InChI is InChI=1S/C15H12N2O/c16-10-13(11-18)15(12-6-2-1-3-7-12)14-8-4-5-9-17-14/h1-9,11,13,15H. The second kappa shape index (κ2) is 5.74. The summed E-state index contributed by atoms with van der Waals surface area (Å²) in [6, 6.07) is 17.1. The van der Waals surface area contributed by atoms with Gasteiger partial charge in [0.1, 0.15) is 12.2 Å². The lowest BCUT2D eigenvalue weighted by atomic mass is 9.85. The summed E-state index contributed by atoms with van der Waals surface area (Å²) < 4.78 is 0. The van der Waals surface area contributed by atoms with Gasteiger partial charge in [0.15, 0.2) is 0 Å². The third-order valence-corrected chi connectivity index (χ3v) is 2.82. The first-order chi connectivity index (χ1) is 8.86. The Bertz CT molecular complexity index is 506. The van der Waals surface area contributed by atoms with Crippen molar-refractivity contribution in [1.29, 1.82) is 5.26 Å². The summed E-state index contributed by atoms with van der Waals surface area (Å²) in [6.45, 7) is 0. The molecule has 3 heteroatoms. The van der Waals surface area contributed by atoms with Gasteiger partial charge in [-0.05, 0) is 17.7 Å². The summed E-state index contributed by atoms with van der Waals surface area (Å²) in [5, 5.41) is 9.11. The zero-order chi connectivity index (χ0) is 12.8. The van der Waals surface area contributed by atoms with E-state index in [-0.39, 0.29) is 5.92 Å². The second-order valence-corrected chi connectivity index (χ2v) is 3.93. The van der Waals surface area contributed by atoms with Crippen molar-refractivity contribution in [1.82, 2.24) is 4.98 Å². The fraction of sp³-hybridized carbons (Fsp3) is 0.133. The quantitative estimate of drug-likeness (QED) is 0.766. The lowest BCUT2D eigenvalue weighted by Crippen LogP contribution is -2.15. The largest absolute Gasteiger partial charge is 0.302 e. The molecule has 1 heterocycles. The first-order valence-corrected chi connectivity index (χ1v) is 5.67. The highest BCUT2D eigenvalue weighted by atomic mass is 16.1. The molecule has 0 aliphatic carbocycles. The summed E-state index contributed by atoms with van der Waals surface area (Å²) in [6.07, 6.45) is 2.36. The summed E-state index contributed by atoms with van der Waals surface area (Å²) in [5.41, 5.74) is 1.66. The number of hydrogen-bond donors (Lipinski definition) is 0. The van der Waals surface area contributed by atoms with Gasteiger partial charge in [0.2, 0.25) is 0 Å². The second-order valence-electron chi connectivity index (χ2n) is 3.93. The first-order valence-electron chi connectivity index (χ1n) is 5.67. The number of hydrogen-bond acceptors (Lipinski definition) is 3. The summed E-state index contributed by atoms with van der Waals surface area (Å²) in [7, 11) is 0. The topological polar surface area (TPSA) is 53.8 Å². The minimum Gasteiger partial charge on any atom is -0.302 e. The van der Waals surface area contributed by atoms with Crippen molar-refractivity contribution in [2.24, 2.45) is 5.92 Å². The molecule has 0 spiro atoms. The van der Waals surface area contributed by atoms with Crippen LogP contribution in [0.2, 0.25) is 0 Å². The predicted molar refractivity (Wildman–Crippen MR) is 67.7 cm³/mol. The number of nitriles is 1. The molecule has 88 valence electrons. The Morgan fingerprint density at radius 2 is 1.83 bits per heavy atom. The molecule has 2 aromatic rings. The number of aldehydes is 1. The van der Waals surface area contributed by atoms with Crippen LogP contribution < -0.4 is 0 Å². The van der Waals surface area contributed by atoms with E-state index in [0.717, 1.165) is 11.3 Å². The Morgan fingerprint density at radius 3 is 2.39 bits per heavy atom. The highest BCUT2D eigenvalue weighted by Crippen LogP contribution is 2.29. The zero-order valence-electron chi connectivity index (χ0n) is 9.73. The van der Waals surface area contributed by atoms with Crippen molar-refractivity contribution in [3.8, 4) is 6.07 Å². The van der Waals surface area contributed by atoms with Crippen molar-refractivity contribution in [2.45, 2.75) is 5.92 Å². The molecule has 1 aromatic carbocycles. The van der Waals surface area contributed by atoms with E-state index in [1.54, 1.807) is 6.20 Å². The van der Waals surface area contributed by atoms with Gasteiger partial charge in [-0.15, -0.1) is 0 Å². The Kier molecular flexibility index (Phi) is 3.83.